The molecule has 0 aliphatic rings. The van der Waals surface area contributed by atoms with Gasteiger partial charge in [0.05, 0.1) is 43.2 Å². The zero-order valence-corrected chi connectivity index (χ0v) is 18.4. The molecule has 0 unspecified atom stereocenters. The number of esters is 1. The Hall–Kier alpha value is -3.78. The van der Waals surface area contributed by atoms with E-state index in [1.54, 1.807) is 55.5 Å². The van der Waals surface area contributed by atoms with Crippen LogP contribution >= 0.6 is 11.6 Å². The van der Waals surface area contributed by atoms with Gasteiger partial charge in [-0.2, -0.15) is 5.10 Å². The van der Waals surface area contributed by atoms with E-state index in [1.807, 2.05) is 0 Å². The standard InChI is InChI=1S/C23H21ClN2O6/c1-4-31-23(28)18-11-14(5-9-19(18)24)20-10-7-16(32-20)13-25-26-22(27)17-8-6-15(29-2)12-21(17)30-3/h5-13H,4H2,1-3H3,(H,26,27)/b25-13-. The molecule has 1 amide bonds. The lowest BCUT2D eigenvalue weighted by atomic mass is 10.1. The Bertz CT molecular complexity index is 1160. The van der Waals surface area contributed by atoms with E-state index in [0.717, 1.165) is 0 Å². The van der Waals surface area contributed by atoms with Gasteiger partial charge in [-0.3, -0.25) is 4.79 Å². The number of furan rings is 1. The lowest BCUT2D eigenvalue weighted by Crippen LogP contribution is -2.18. The maximum atomic E-state index is 12.4. The summed E-state index contributed by atoms with van der Waals surface area (Å²) in [5.41, 5.74) is 3.62. The molecule has 0 saturated carbocycles. The van der Waals surface area contributed by atoms with Gasteiger partial charge in [-0.25, -0.2) is 10.2 Å². The summed E-state index contributed by atoms with van der Waals surface area (Å²) >= 11 is 6.10. The molecule has 0 spiro atoms. The monoisotopic (exact) mass is 456 g/mol. The molecule has 0 atom stereocenters. The van der Waals surface area contributed by atoms with Gasteiger partial charge in [0, 0.05) is 11.6 Å². The van der Waals surface area contributed by atoms with Crippen LogP contribution in [-0.4, -0.2) is 38.9 Å². The Morgan fingerprint density at radius 1 is 1.06 bits per heavy atom. The lowest BCUT2D eigenvalue weighted by molar-refractivity contribution is 0.0526. The van der Waals surface area contributed by atoms with E-state index in [2.05, 4.69) is 10.5 Å². The van der Waals surface area contributed by atoms with Gasteiger partial charge in [-0.1, -0.05) is 11.6 Å². The van der Waals surface area contributed by atoms with Gasteiger partial charge < -0.3 is 18.6 Å². The molecule has 9 heteroatoms. The van der Waals surface area contributed by atoms with Crippen molar-refractivity contribution in [2.45, 2.75) is 6.92 Å². The summed E-state index contributed by atoms with van der Waals surface area (Å²) in [6.45, 7) is 1.96. The zero-order chi connectivity index (χ0) is 23.1. The molecule has 0 aliphatic heterocycles. The number of hydrazone groups is 1. The lowest BCUT2D eigenvalue weighted by Gasteiger charge is -2.08. The summed E-state index contributed by atoms with van der Waals surface area (Å²) in [6.07, 6.45) is 1.36. The number of nitrogens with one attached hydrogen (secondary N) is 1. The van der Waals surface area contributed by atoms with Crippen LogP contribution in [0.25, 0.3) is 11.3 Å². The predicted molar refractivity (Wildman–Crippen MR) is 120 cm³/mol. The van der Waals surface area contributed by atoms with E-state index in [4.69, 9.17) is 30.2 Å². The molecule has 0 saturated heterocycles. The Morgan fingerprint density at radius 3 is 2.59 bits per heavy atom. The third kappa shape index (κ3) is 5.28. The third-order valence-corrected chi connectivity index (χ3v) is 4.71. The van der Waals surface area contributed by atoms with Crippen LogP contribution in [-0.2, 0) is 4.74 Å². The molecule has 3 aromatic rings. The van der Waals surface area contributed by atoms with Crippen molar-refractivity contribution in [1.29, 1.82) is 0 Å². The first-order valence-corrected chi connectivity index (χ1v) is 9.97. The molecule has 0 fully saturated rings. The van der Waals surface area contributed by atoms with Gasteiger partial charge in [0.15, 0.2) is 0 Å². The number of rotatable bonds is 8. The summed E-state index contributed by atoms with van der Waals surface area (Å²) in [5, 5.41) is 4.22. The largest absolute Gasteiger partial charge is 0.497 e. The van der Waals surface area contributed by atoms with E-state index in [0.29, 0.717) is 34.1 Å². The Kier molecular flexibility index (Phi) is 7.51. The molecule has 0 aliphatic carbocycles. The van der Waals surface area contributed by atoms with Crippen LogP contribution in [0, 0.1) is 0 Å². The normalized spacial score (nSPS) is 10.8. The Morgan fingerprint density at radius 2 is 1.88 bits per heavy atom. The summed E-state index contributed by atoms with van der Waals surface area (Å²) in [7, 11) is 2.99. The molecule has 0 radical (unpaired) electrons. The number of ether oxygens (including phenoxy) is 3. The molecular formula is C23H21ClN2O6. The number of hydrogen-bond donors (Lipinski definition) is 1. The molecule has 1 aromatic heterocycles. The molecule has 8 nitrogen and oxygen atoms in total. The van der Waals surface area contributed by atoms with Crippen LogP contribution in [0.4, 0.5) is 0 Å². The second-order valence-electron chi connectivity index (χ2n) is 6.38. The Balaban J connectivity index is 1.71. The minimum Gasteiger partial charge on any atom is -0.497 e. The van der Waals surface area contributed by atoms with Crippen molar-refractivity contribution in [1.82, 2.24) is 5.43 Å². The number of nitrogens with zero attached hydrogens (tertiary/aromatic N) is 1. The van der Waals surface area contributed by atoms with E-state index >= 15 is 0 Å². The van der Waals surface area contributed by atoms with Gasteiger partial charge >= 0.3 is 5.97 Å². The number of carbonyl (C=O) groups excluding carboxylic acids is 2. The molecule has 166 valence electrons. The quantitative estimate of drug-likeness (QED) is 0.303. The van der Waals surface area contributed by atoms with Crippen molar-refractivity contribution in [3.8, 4) is 22.8 Å². The van der Waals surface area contributed by atoms with Crippen molar-refractivity contribution < 1.29 is 28.2 Å². The zero-order valence-electron chi connectivity index (χ0n) is 17.7. The van der Waals surface area contributed by atoms with Gasteiger partial charge in [-0.05, 0) is 49.4 Å². The topological polar surface area (TPSA) is 99.4 Å². The SMILES string of the molecule is CCOC(=O)c1cc(-c2ccc(/C=N\NC(=O)c3ccc(OC)cc3OC)o2)ccc1Cl. The van der Waals surface area contributed by atoms with Crippen molar-refractivity contribution >= 4 is 29.7 Å². The minimum absolute atomic E-state index is 0.245. The molecule has 0 bridgehead atoms. The minimum atomic E-state index is -0.510. The van der Waals surface area contributed by atoms with Crippen LogP contribution in [0.3, 0.4) is 0 Å². The number of hydrogen-bond acceptors (Lipinski definition) is 7. The number of benzene rings is 2. The molecule has 1 heterocycles. The molecule has 3 rings (SSSR count). The highest BCUT2D eigenvalue weighted by molar-refractivity contribution is 6.33. The van der Waals surface area contributed by atoms with Crippen LogP contribution < -0.4 is 14.9 Å². The molecule has 1 N–H and O–H groups in total. The summed E-state index contributed by atoms with van der Waals surface area (Å²) in [6, 6.07) is 13.1. The van der Waals surface area contributed by atoms with Crippen LogP contribution in [0.1, 0.15) is 33.4 Å². The van der Waals surface area contributed by atoms with E-state index in [9.17, 15) is 9.59 Å². The first kappa shape index (κ1) is 22.9. The van der Waals surface area contributed by atoms with E-state index in [-0.39, 0.29) is 17.2 Å². The second-order valence-corrected chi connectivity index (χ2v) is 6.79. The van der Waals surface area contributed by atoms with Crippen LogP contribution in [0.15, 0.2) is 58.0 Å². The van der Waals surface area contributed by atoms with Gasteiger partial charge in [0.25, 0.3) is 5.91 Å². The Labute approximate surface area is 189 Å². The van der Waals surface area contributed by atoms with E-state index < -0.39 is 11.9 Å². The highest BCUT2D eigenvalue weighted by Crippen LogP contribution is 2.27. The number of methoxy groups -OCH3 is 2. The maximum absolute atomic E-state index is 12.4. The highest BCUT2D eigenvalue weighted by atomic mass is 35.5. The molecule has 32 heavy (non-hydrogen) atoms. The predicted octanol–water partition coefficient (Wildman–Crippen LogP) is 4.56. The fraction of sp³-hybridized carbons (Fsp3) is 0.174. The number of carbonyl (C=O) groups is 2. The average Bonchev–Trinajstić information content (AvgIpc) is 3.27. The van der Waals surface area contributed by atoms with Gasteiger partial charge in [0.1, 0.15) is 23.0 Å². The maximum Gasteiger partial charge on any atom is 0.339 e. The first-order chi connectivity index (χ1) is 15.5. The van der Waals surface area contributed by atoms with Crippen molar-refractivity contribution in [3.63, 3.8) is 0 Å². The van der Waals surface area contributed by atoms with E-state index in [1.165, 1.54) is 20.4 Å². The first-order valence-electron chi connectivity index (χ1n) is 9.59. The summed E-state index contributed by atoms with van der Waals surface area (Å²) in [4.78, 5) is 24.4. The fourth-order valence-corrected chi connectivity index (χ4v) is 3.02. The smallest absolute Gasteiger partial charge is 0.339 e. The second kappa shape index (κ2) is 10.5. The van der Waals surface area contributed by atoms with Crippen LogP contribution in [0.2, 0.25) is 5.02 Å². The molecular weight excluding hydrogens is 436 g/mol. The van der Waals surface area contributed by atoms with Crippen molar-refractivity contribution in [2.75, 3.05) is 20.8 Å². The summed E-state index contributed by atoms with van der Waals surface area (Å²) < 4.78 is 21.1. The fourth-order valence-electron chi connectivity index (χ4n) is 2.82. The molecule has 2 aromatic carbocycles. The third-order valence-electron chi connectivity index (χ3n) is 4.38. The van der Waals surface area contributed by atoms with Gasteiger partial charge in [-0.15, -0.1) is 0 Å². The van der Waals surface area contributed by atoms with Crippen molar-refractivity contribution in [3.05, 3.63) is 70.4 Å². The highest BCUT2D eigenvalue weighted by Gasteiger charge is 2.15. The summed E-state index contributed by atoms with van der Waals surface area (Å²) in [5.74, 6) is 0.857. The van der Waals surface area contributed by atoms with Gasteiger partial charge in [0.2, 0.25) is 0 Å². The average molecular weight is 457 g/mol. The number of amides is 1. The number of halogens is 1. The van der Waals surface area contributed by atoms with Crippen LogP contribution in [0.5, 0.6) is 11.5 Å². The van der Waals surface area contributed by atoms with Crippen molar-refractivity contribution in [2.24, 2.45) is 5.10 Å².